The van der Waals surface area contributed by atoms with E-state index in [9.17, 15) is 14.0 Å². The van der Waals surface area contributed by atoms with Crippen molar-refractivity contribution in [2.24, 2.45) is 0 Å². The lowest BCUT2D eigenvalue weighted by Gasteiger charge is -2.12. The van der Waals surface area contributed by atoms with Gasteiger partial charge in [-0.15, -0.1) is 0 Å². The Kier molecular flexibility index (Phi) is 6.96. The average molecular weight is 473 g/mol. The third kappa shape index (κ3) is 5.58. The van der Waals surface area contributed by atoms with Gasteiger partial charge in [-0.1, -0.05) is 12.1 Å². The largest absolute Gasteiger partial charge is 0.493 e. The fourth-order valence-corrected chi connectivity index (χ4v) is 3.78. The molecule has 4 aromatic rings. The number of benzene rings is 3. The van der Waals surface area contributed by atoms with Gasteiger partial charge in [0.05, 0.1) is 12.9 Å². The monoisotopic (exact) mass is 472 g/mol. The van der Waals surface area contributed by atoms with Gasteiger partial charge in [0.2, 0.25) is 11.8 Å². The van der Waals surface area contributed by atoms with Crippen LogP contribution >= 0.6 is 0 Å². The quantitative estimate of drug-likeness (QED) is 0.296. The zero-order valence-corrected chi connectivity index (χ0v) is 19.6. The number of fused-ring (bicyclic) bond motifs is 1. The summed E-state index contributed by atoms with van der Waals surface area (Å²) >= 11 is 0. The second-order valence-corrected chi connectivity index (χ2v) is 8.01. The van der Waals surface area contributed by atoms with Crippen molar-refractivity contribution in [3.05, 3.63) is 84.4 Å². The van der Waals surface area contributed by atoms with Gasteiger partial charge >= 0.3 is 0 Å². The van der Waals surface area contributed by atoms with Gasteiger partial charge in [0, 0.05) is 47.0 Å². The number of carbonyl (C=O) groups excluding carboxylic acids is 2. The van der Waals surface area contributed by atoms with Gasteiger partial charge in [0.15, 0.2) is 0 Å². The van der Waals surface area contributed by atoms with Crippen LogP contribution in [0.3, 0.4) is 0 Å². The molecule has 1 aromatic heterocycles. The molecule has 0 spiro atoms. The highest BCUT2D eigenvalue weighted by molar-refractivity contribution is 6.05. The van der Waals surface area contributed by atoms with E-state index in [4.69, 9.17) is 9.15 Å². The van der Waals surface area contributed by atoms with Crippen molar-refractivity contribution in [1.29, 1.82) is 0 Å². The molecule has 0 aliphatic rings. The van der Waals surface area contributed by atoms with Crippen molar-refractivity contribution in [2.75, 3.05) is 17.2 Å². The third-order valence-electron chi connectivity index (χ3n) is 5.38. The Labute approximate surface area is 202 Å². The van der Waals surface area contributed by atoms with Gasteiger partial charge in [0.25, 0.3) is 0 Å². The van der Waals surface area contributed by atoms with Gasteiger partial charge in [-0.2, -0.15) is 0 Å². The molecule has 7 heteroatoms. The molecule has 4 rings (SSSR count). The Hall–Kier alpha value is -4.39. The molecular weight excluding hydrogens is 447 g/mol. The predicted octanol–water partition coefficient (Wildman–Crippen LogP) is 6.64. The van der Waals surface area contributed by atoms with E-state index in [1.807, 2.05) is 19.9 Å². The molecule has 178 valence electrons. The highest BCUT2D eigenvalue weighted by Gasteiger charge is 2.15. The predicted molar refractivity (Wildman–Crippen MR) is 136 cm³/mol. The second-order valence-electron chi connectivity index (χ2n) is 8.01. The number of hydrogen-bond donors (Lipinski definition) is 2. The molecule has 1 heterocycles. The van der Waals surface area contributed by atoms with Crippen molar-refractivity contribution in [2.45, 2.75) is 20.8 Å². The summed E-state index contributed by atoms with van der Waals surface area (Å²) in [7, 11) is 0. The first-order valence-corrected chi connectivity index (χ1v) is 11.2. The normalized spacial score (nSPS) is 11.4. The first kappa shape index (κ1) is 23.8. The van der Waals surface area contributed by atoms with E-state index >= 15 is 0 Å². The maximum atomic E-state index is 13.4. The van der Waals surface area contributed by atoms with Crippen molar-refractivity contribution in [3.63, 3.8) is 0 Å². The Morgan fingerprint density at radius 3 is 2.26 bits per heavy atom. The van der Waals surface area contributed by atoms with Crippen LogP contribution in [-0.4, -0.2) is 18.4 Å². The summed E-state index contributed by atoms with van der Waals surface area (Å²) in [5.41, 5.74) is 4.97. The van der Waals surface area contributed by atoms with Crippen LogP contribution in [0.4, 0.5) is 15.8 Å². The molecule has 2 N–H and O–H groups in total. The van der Waals surface area contributed by atoms with Crippen molar-refractivity contribution >= 4 is 39.7 Å². The van der Waals surface area contributed by atoms with E-state index in [2.05, 4.69) is 10.6 Å². The first-order valence-electron chi connectivity index (χ1n) is 11.2. The zero-order chi connectivity index (χ0) is 24.9. The maximum absolute atomic E-state index is 13.4. The molecule has 0 aliphatic heterocycles. The molecule has 0 aliphatic carbocycles. The highest BCUT2D eigenvalue weighted by Crippen LogP contribution is 2.37. The minimum Gasteiger partial charge on any atom is -0.493 e. The minimum atomic E-state index is -0.310. The lowest BCUT2D eigenvalue weighted by Crippen LogP contribution is -2.09. The molecule has 0 unspecified atom stereocenters. The van der Waals surface area contributed by atoms with Crippen LogP contribution in [0.1, 0.15) is 26.3 Å². The Morgan fingerprint density at radius 2 is 1.63 bits per heavy atom. The smallest absolute Gasteiger partial charge is 0.248 e. The fourth-order valence-electron chi connectivity index (χ4n) is 3.78. The van der Waals surface area contributed by atoms with Crippen LogP contribution in [-0.2, 0) is 9.59 Å². The summed E-state index contributed by atoms with van der Waals surface area (Å²) < 4.78 is 25.0. The van der Waals surface area contributed by atoms with Crippen LogP contribution < -0.4 is 15.4 Å². The van der Waals surface area contributed by atoms with Crippen LogP contribution in [0.5, 0.6) is 5.75 Å². The molecule has 35 heavy (non-hydrogen) atoms. The van der Waals surface area contributed by atoms with Gasteiger partial charge in [-0.05, 0) is 67.4 Å². The molecular formula is C28H25FN2O4. The fraction of sp³-hybridized carbons (Fsp3) is 0.143. The highest BCUT2D eigenvalue weighted by atomic mass is 19.1. The van der Waals surface area contributed by atoms with Crippen LogP contribution in [0, 0.1) is 5.82 Å². The van der Waals surface area contributed by atoms with Crippen LogP contribution in [0.15, 0.2) is 77.4 Å². The zero-order valence-electron chi connectivity index (χ0n) is 19.6. The maximum Gasteiger partial charge on any atom is 0.248 e. The van der Waals surface area contributed by atoms with E-state index < -0.39 is 0 Å². The van der Waals surface area contributed by atoms with E-state index in [0.29, 0.717) is 34.9 Å². The van der Waals surface area contributed by atoms with Crippen molar-refractivity contribution < 1.29 is 23.1 Å². The number of hydrogen-bond acceptors (Lipinski definition) is 4. The van der Waals surface area contributed by atoms with Crippen molar-refractivity contribution in [1.82, 2.24) is 0 Å². The third-order valence-corrected chi connectivity index (χ3v) is 5.38. The molecule has 2 amide bonds. The Morgan fingerprint density at radius 1 is 0.971 bits per heavy atom. The van der Waals surface area contributed by atoms with Gasteiger partial charge < -0.3 is 19.8 Å². The van der Waals surface area contributed by atoms with E-state index in [1.54, 1.807) is 48.7 Å². The lowest BCUT2D eigenvalue weighted by atomic mass is 9.99. The summed E-state index contributed by atoms with van der Waals surface area (Å²) in [4.78, 5) is 23.9. The van der Waals surface area contributed by atoms with Gasteiger partial charge in [0.1, 0.15) is 17.1 Å². The summed E-state index contributed by atoms with van der Waals surface area (Å²) in [6.07, 6.45) is 3.14. The molecule has 0 saturated carbocycles. The van der Waals surface area contributed by atoms with Crippen LogP contribution in [0.25, 0.3) is 27.7 Å². The standard InChI is InChI=1S/C28H25FN2O4/c1-4-34-26-15-27-24(25(16-35-27)19-5-7-20(29)8-6-19)14-23(26)17(2)13-28(33)31-22-11-9-21(10-12-22)30-18(3)32/h5-16H,4H2,1-3H3,(H,30,32)(H,31,33)/b17-13+. The number of rotatable bonds is 7. The summed E-state index contributed by atoms with van der Waals surface area (Å²) in [6.45, 7) is 5.60. The molecule has 0 atom stereocenters. The van der Waals surface area contributed by atoms with E-state index in [0.717, 1.165) is 22.1 Å². The van der Waals surface area contributed by atoms with Crippen molar-refractivity contribution in [3.8, 4) is 16.9 Å². The first-order chi connectivity index (χ1) is 16.8. The number of amides is 2. The van der Waals surface area contributed by atoms with E-state index in [-0.39, 0.29) is 17.6 Å². The number of nitrogens with one attached hydrogen (secondary N) is 2. The molecule has 0 fully saturated rings. The summed E-state index contributed by atoms with van der Waals surface area (Å²) in [6, 6.07) is 16.8. The van der Waals surface area contributed by atoms with Crippen LogP contribution in [0.2, 0.25) is 0 Å². The van der Waals surface area contributed by atoms with Gasteiger partial charge in [-0.25, -0.2) is 4.39 Å². The minimum absolute atomic E-state index is 0.164. The Balaban J connectivity index is 1.63. The van der Waals surface area contributed by atoms with E-state index in [1.165, 1.54) is 25.1 Å². The van der Waals surface area contributed by atoms with Gasteiger partial charge in [-0.3, -0.25) is 9.59 Å². The molecule has 0 bridgehead atoms. The number of anilines is 2. The second kappa shape index (κ2) is 10.3. The summed E-state index contributed by atoms with van der Waals surface area (Å²) in [5.74, 6) is -0.178. The number of allylic oxidation sites excluding steroid dienone is 1. The number of furan rings is 1. The number of ether oxygens (including phenoxy) is 1. The average Bonchev–Trinajstić information content (AvgIpc) is 3.23. The Bertz CT molecular complexity index is 1400. The molecule has 3 aromatic carbocycles. The number of halogens is 1. The lowest BCUT2D eigenvalue weighted by molar-refractivity contribution is -0.114. The molecule has 6 nitrogen and oxygen atoms in total. The summed E-state index contributed by atoms with van der Waals surface area (Å²) in [5, 5.41) is 6.34. The SMILES string of the molecule is CCOc1cc2occ(-c3ccc(F)cc3)c2cc1/C(C)=C/C(=O)Nc1ccc(NC(C)=O)cc1. The number of carbonyl (C=O) groups is 2. The topological polar surface area (TPSA) is 80.6 Å². The molecule has 0 radical (unpaired) electrons. The molecule has 0 saturated heterocycles.